The molecule has 2 fully saturated rings. The van der Waals surface area contributed by atoms with Gasteiger partial charge in [0.1, 0.15) is 0 Å². The number of amides is 2. The van der Waals surface area contributed by atoms with Crippen LogP contribution in [0.2, 0.25) is 0 Å². The van der Waals surface area contributed by atoms with E-state index in [9.17, 15) is 9.59 Å². The van der Waals surface area contributed by atoms with Crippen molar-refractivity contribution in [1.29, 1.82) is 0 Å². The second-order valence-electron chi connectivity index (χ2n) is 9.13. The summed E-state index contributed by atoms with van der Waals surface area (Å²) in [6.07, 6.45) is 5.04. The molecule has 0 saturated carbocycles. The lowest BCUT2D eigenvalue weighted by atomic mass is 9.77. The van der Waals surface area contributed by atoms with Crippen LogP contribution >= 0.6 is 0 Å². The van der Waals surface area contributed by atoms with Crippen molar-refractivity contribution in [1.82, 2.24) is 9.80 Å². The highest BCUT2D eigenvalue weighted by molar-refractivity contribution is 5.93. The summed E-state index contributed by atoms with van der Waals surface area (Å²) in [5.41, 5.74) is 3.27. The van der Waals surface area contributed by atoms with E-state index in [-0.39, 0.29) is 17.2 Å². The molecule has 6 nitrogen and oxygen atoms in total. The highest BCUT2D eigenvalue weighted by Crippen LogP contribution is 2.41. The summed E-state index contributed by atoms with van der Waals surface area (Å²) < 4.78 is 5.68. The van der Waals surface area contributed by atoms with Gasteiger partial charge in [-0.2, -0.15) is 0 Å². The number of hydrogen-bond acceptors (Lipinski definition) is 4. The Labute approximate surface area is 177 Å². The largest absolute Gasteiger partial charge is 0.459 e. The van der Waals surface area contributed by atoms with Gasteiger partial charge in [-0.25, -0.2) is 0 Å². The number of hydrogen-bond donors (Lipinski definition) is 0. The molecule has 1 atom stereocenters. The van der Waals surface area contributed by atoms with Crippen LogP contribution in [0.4, 0.5) is 5.69 Å². The Balaban J connectivity index is 1.30. The number of para-hydroxylation sites is 1. The van der Waals surface area contributed by atoms with Crippen LogP contribution in [-0.2, 0) is 17.8 Å². The quantitative estimate of drug-likeness (QED) is 0.783. The first kappa shape index (κ1) is 19.2. The summed E-state index contributed by atoms with van der Waals surface area (Å²) in [6.45, 7) is 4.94. The van der Waals surface area contributed by atoms with E-state index in [1.807, 2.05) is 22.9 Å². The third-order valence-corrected chi connectivity index (χ3v) is 7.36. The number of carbonyl (C=O) groups excluding carboxylic acids is 2. The van der Waals surface area contributed by atoms with E-state index >= 15 is 0 Å². The zero-order chi connectivity index (χ0) is 20.9. The predicted molar refractivity (Wildman–Crippen MR) is 114 cm³/mol. The fourth-order valence-corrected chi connectivity index (χ4v) is 5.44. The Morgan fingerprint density at radius 1 is 1.13 bits per heavy atom. The molecule has 2 amide bonds. The molecule has 3 aliphatic heterocycles. The van der Waals surface area contributed by atoms with Crippen molar-refractivity contribution in [3.63, 3.8) is 0 Å². The van der Waals surface area contributed by atoms with Crippen LogP contribution in [0.3, 0.4) is 0 Å². The number of likely N-dealkylation sites (tertiary alicyclic amines) is 2. The van der Waals surface area contributed by atoms with Gasteiger partial charge in [-0.05, 0) is 50.3 Å². The van der Waals surface area contributed by atoms with Crippen molar-refractivity contribution in [3.05, 3.63) is 53.5 Å². The molecule has 2 saturated heterocycles. The average molecular weight is 408 g/mol. The first-order valence-corrected chi connectivity index (χ1v) is 10.9. The highest BCUT2D eigenvalue weighted by atomic mass is 16.3. The first-order chi connectivity index (χ1) is 14.5. The van der Waals surface area contributed by atoms with E-state index in [4.69, 9.17) is 4.42 Å². The molecule has 6 heteroatoms. The summed E-state index contributed by atoms with van der Waals surface area (Å²) in [6, 6.07) is 10.8. The van der Waals surface area contributed by atoms with E-state index in [1.54, 1.807) is 6.26 Å². The monoisotopic (exact) mass is 407 g/mol. The van der Waals surface area contributed by atoms with Crippen LogP contribution in [0.5, 0.6) is 0 Å². The SMILES string of the molecule is CC1Cc2ccccc2N1Cc1ccoc1C(=O)N1CCC2(CCN(C)C2=O)CC1. The van der Waals surface area contributed by atoms with E-state index in [0.717, 1.165) is 37.8 Å². The summed E-state index contributed by atoms with van der Waals surface area (Å²) in [4.78, 5) is 31.9. The smallest absolute Gasteiger partial charge is 0.289 e. The Kier molecular flexibility index (Phi) is 4.60. The summed E-state index contributed by atoms with van der Waals surface area (Å²) >= 11 is 0. The topological polar surface area (TPSA) is 57.0 Å². The number of carbonyl (C=O) groups is 2. The minimum absolute atomic E-state index is 0.0521. The molecule has 0 N–H and O–H groups in total. The Bertz CT molecular complexity index is 974. The number of piperidine rings is 1. The molecule has 0 aliphatic carbocycles. The summed E-state index contributed by atoms with van der Waals surface area (Å²) in [5, 5.41) is 0. The lowest BCUT2D eigenvalue weighted by molar-refractivity contribution is -0.137. The van der Waals surface area contributed by atoms with Gasteiger partial charge in [0.2, 0.25) is 5.91 Å². The van der Waals surface area contributed by atoms with Gasteiger partial charge in [-0.15, -0.1) is 0 Å². The maximum absolute atomic E-state index is 13.3. The van der Waals surface area contributed by atoms with Crippen molar-refractivity contribution in [2.75, 3.05) is 31.6 Å². The number of furan rings is 1. The van der Waals surface area contributed by atoms with Gasteiger partial charge < -0.3 is 19.1 Å². The molecule has 1 aromatic carbocycles. The van der Waals surface area contributed by atoms with Gasteiger partial charge in [-0.1, -0.05) is 18.2 Å². The van der Waals surface area contributed by atoms with Crippen LogP contribution in [0, 0.1) is 5.41 Å². The van der Waals surface area contributed by atoms with Gasteiger partial charge in [0, 0.05) is 50.5 Å². The molecule has 2 aromatic rings. The third-order valence-electron chi connectivity index (χ3n) is 7.36. The summed E-state index contributed by atoms with van der Waals surface area (Å²) in [5.74, 6) is 0.635. The van der Waals surface area contributed by atoms with E-state index < -0.39 is 0 Å². The normalized spacial score (nSPS) is 22.8. The van der Waals surface area contributed by atoms with Gasteiger partial charge in [-0.3, -0.25) is 9.59 Å². The molecule has 1 unspecified atom stereocenters. The molecular formula is C24H29N3O3. The maximum atomic E-state index is 13.3. The van der Waals surface area contributed by atoms with Crippen LogP contribution < -0.4 is 4.90 Å². The second-order valence-corrected chi connectivity index (χ2v) is 9.13. The average Bonchev–Trinajstić information content (AvgIpc) is 3.42. The second kappa shape index (κ2) is 7.18. The van der Waals surface area contributed by atoms with Crippen molar-refractivity contribution < 1.29 is 14.0 Å². The molecule has 158 valence electrons. The zero-order valence-corrected chi connectivity index (χ0v) is 17.8. The first-order valence-electron chi connectivity index (χ1n) is 10.9. The van der Waals surface area contributed by atoms with Crippen molar-refractivity contribution >= 4 is 17.5 Å². The van der Waals surface area contributed by atoms with Gasteiger partial charge in [0.15, 0.2) is 5.76 Å². The minimum Gasteiger partial charge on any atom is -0.459 e. The third kappa shape index (κ3) is 3.01. The number of anilines is 1. The Morgan fingerprint density at radius 3 is 2.60 bits per heavy atom. The highest BCUT2D eigenvalue weighted by Gasteiger charge is 2.47. The molecule has 1 aromatic heterocycles. The summed E-state index contributed by atoms with van der Waals surface area (Å²) in [7, 11) is 1.88. The van der Waals surface area contributed by atoms with E-state index in [0.29, 0.717) is 31.4 Å². The van der Waals surface area contributed by atoms with Crippen molar-refractivity contribution in [2.45, 2.75) is 45.2 Å². The number of fused-ring (bicyclic) bond motifs is 1. The molecule has 5 rings (SSSR count). The molecule has 1 spiro atoms. The van der Waals surface area contributed by atoms with Crippen LogP contribution in [0.1, 0.15) is 47.9 Å². The zero-order valence-electron chi connectivity index (χ0n) is 17.8. The van der Waals surface area contributed by atoms with Gasteiger partial charge >= 0.3 is 0 Å². The fourth-order valence-electron chi connectivity index (χ4n) is 5.44. The standard InChI is InChI=1S/C24H29N3O3/c1-17-15-18-5-3-4-6-20(18)27(17)16-19-7-14-30-21(19)22(28)26-12-9-24(10-13-26)8-11-25(2)23(24)29/h3-7,14,17H,8-13,15-16H2,1-2H3. The van der Waals surface area contributed by atoms with Gasteiger partial charge in [0.05, 0.1) is 11.7 Å². The van der Waals surface area contributed by atoms with Crippen LogP contribution in [0.15, 0.2) is 41.0 Å². The Morgan fingerprint density at radius 2 is 1.87 bits per heavy atom. The lowest BCUT2D eigenvalue weighted by Crippen LogP contribution is -2.46. The maximum Gasteiger partial charge on any atom is 0.289 e. The Hall–Kier alpha value is -2.76. The molecule has 0 radical (unpaired) electrons. The lowest BCUT2D eigenvalue weighted by Gasteiger charge is -2.37. The molecule has 4 heterocycles. The molecule has 30 heavy (non-hydrogen) atoms. The molecular weight excluding hydrogens is 378 g/mol. The van der Waals surface area contributed by atoms with Crippen LogP contribution in [-0.4, -0.2) is 54.3 Å². The molecule has 3 aliphatic rings. The van der Waals surface area contributed by atoms with Crippen LogP contribution in [0.25, 0.3) is 0 Å². The van der Waals surface area contributed by atoms with Crippen molar-refractivity contribution in [3.8, 4) is 0 Å². The number of rotatable bonds is 3. The fraction of sp³-hybridized carbons (Fsp3) is 0.500. The molecule has 0 bridgehead atoms. The minimum atomic E-state index is -0.258. The number of nitrogens with zero attached hydrogens (tertiary/aromatic N) is 3. The number of benzene rings is 1. The van der Waals surface area contributed by atoms with E-state index in [1.165, 1.54) is 11.3 Å². The predicted octanol–water partition coefficient (Wildman–Crippen LogP) is 3.32. The van der Waals surface area contributed by atoms with Gasteiger partial charge in [0.25, 0.3) is 5.91 Å². The van der Waals surface area contributed by atoms with E-state index in [2.05, 4.69) is 36.1 Å². The van der Waals surface area contributed by atoms with Crippen molar-refractivity contribution in [2.24, 2.45) is 5.41 Å².